The molecule has 1 aromatic heterocycles. The predicted molar refractivity (Wildman–Crippen MR) is 60.1 cm³/mol. The lowest BCUT2D eigenvalue weighted by Crippen LogP contribution is -1.98. The fraction of sp³-hybridized carbons (Fsp3) is 0.750. The van der Waals surface area contributed by atoms with Crippen LogP contribution in [0, 0.1) is 0 Å². The van der Waals surface area contributed by atoms with E-state index in [0.29, 0.717) is 0 Å². The number of rotatable bonds is 5. The molecular formula is C8H15N3S2. The van der Waals surface area contributed by atoms with Crippen LogP contribution in [0.5, 0.6) is 0 Å². The highest BCUT2D eigenvalue weighted by atomic mass is 32.2. The molecule has 5 heteroatoms. The topological polar surface area (TPSA) is 30.7 Å². The Labute approximate surface area is 87.7 Å². The summed E-state index contributed by atoms with van der Waals surface area (Å²) in [6, 6.07) is 0. The van der Waals surface area contributed by atoms with Gasteiger partial charge in [0.05, 0.1) is 11.4 Å². The number of hydrogen-bond acceptors (Lipinski definition) is 4. The van der Waals surface area contributed by atoms with Crippen LogP contribution < -0.4 is 0 Å². The largest absolute Gasteiger partial charge is 0.251 e. The van der Waals surface area contributed by atoms with Crippen LogP contribution >= 0.6 is 23.5 Å². The Hall–Kier alpha value is -0.160. The number of thioether (sulfide) groups is 2. The van der Waals surface area contributed by atoms with Crippen LogP contribution in [0.15, 0.2) is 0 Å². The molecule has 1 heterocycles. The third-order valence-electron chi connectivity index (χ3n) is 1.75. The van der Waals surface area contributed by atoms with Gasteiger partial charge in [0, 0.05) is 18.6 Å². The molecule has 0 unspecified atom stereocenters. The van der Waals surface area contributed by atoms with E-state index < -0.39 is 0 Å². The van der Waals surface area contributed by atoms with Crippen LogP contribution in [-0.4, -0.2) is 27.0 Å². The summed E-state index contributed by atoms with van der Waals surface area (Å²) in [6.07, 6.45) is 2.09. The number of nitrogens with zero attached hydrogens (tertiary/aromatic N) is 3. The molecule has 0 aliphatic rings. The van der Waals surface area contributed by atoms with E-state index in [1.54, 1.807) is 11.8 Å². The summed E-state index contributed by atoms with van der Waals surface area (Å²) in [5.41, 5.74) is 2.40. The van der Waals surface area contributed by atoms with Gasteiger partial charge >= 0.3 is 0 Å². The maximum absolute atomic E-state index is 4.14. The molecule has 13 heavy (non-hydrogen) atoms. The van der Waals surface area contributed by atoms with Gasteiger partial charge in [0.15, 0.2) is 0 Å². The Morgan fingerprint density at radius 2 is 2.15 bits per heavy atom. The van der Waals surface area contributed by atoms with Gasteiger partial charge < -0.3 is 0 Å². The van der Waals surface area contributed by atoms with E-state index in [9.17, 15) is 0 Å². The average Bonchev–Trinajstić information content (AvgIpc) is 2.45. The zero-order valence-corrected chi connectivity index (χ0v) is 9.91. The van der Waals surface area contributed by atoms with Crippen molar-refractivity contribution in [2.24, 2.45) is 7.05 Å². The molecule has 0 saturated carbocycles. The highest BCUT2D eigenvalue weighted by Gasteiger charge is 2.08. The molecule has 1 rings (SSSR count). The Morgan fingerprint density at radius 3 is 2.77 bits per heavy atom. The van der Waals surface area contributed by atoms with Gasteiger partial charge in [0.25, 0.3) is 0 Å². The molecule has 0 N–H and O–H groups in total. The van der Waals surface area contributed by atoms with Gasteiger partial charge in [-0.3, -0.25) is 4.68 Å². The Morgan fingerprint density at radius 1 is 1.38 bits per heavy atom. The average molecular weight is 217 g/mol. The Bertz CT molecular complexity index is 260. The molecule has 0 atom stereocenters. The third kappa shape index (κ3) is 2.91. The minimum Gasteiger partial charge on any atom is -0.251 e. The van der Waals surface area contributed by atoms with Gasteiger partial charge in [-0.15, -0.1) is 5.10 Å². The van der Waals surface area contributed by atoms with Crippen molar-refractivity contribution in [2.75, 3.05) is 12.0 Å². The second-order valence-corrected chi connectivity index (χ2v) is 4.82. The van der Waals surface area contributed by atoms with E-state index in [2.05, 4.69) is 23.5 Å². The predicted octanol–water partition coefficient (Wildman–Crippen LogP) is 1.93. The van der Waals surface area contributed by atoms with Gasteiger partial charge in [0.2, 0.25) is 0 Å². The smallest absolute Gasteiger partial charge is 0.0966 e. The molecule has 0 saturated heterocycles. The van der Waals surface area contributed by atoms with Crippen molar-refractivity contribution in [1.82, 2.24) is 15.0 Å². The first-order valence-corrected chi connectivity index (χ1v) is 6.78. The molecule has 0 aliphatic heterocycles. The van der Waals surface area contributed by atoms with Crippen LogP contribution in [0.4, 0.5) is 0 Å². The maximum atomic E-state index is 4.14. The number of aryl methyl sites for hydroxylation is 1. The molecule has 0 aromatic carbocycles. The van der Waals surface area contributed by atoms with Crippen molar-refractivity contribution < 1.29 is 0 Å². The standard InChI is InChI=1S/C8H15N3S2/c1-4-13-6-8-7(5-12-3)9-10-11(8)2/h4-6H2,1-3H3. The highest BCUT2D eigenvalue weighted by molar-refractivity contribution is 7.98. The summed E-state index contributed by atoms with van der Waals surface area (Å²) in [7, 11) is 1.96. The van der Waals surface area contributed by atoms with Crippen LogP contribution in [-0.2, 0) is 18.6 Å². The van der Waals surface area contributed by atoms with E-state index >= 15 is 0 Å². The summed E-state index contributed by atoms with van der Waals surface area (Å²) >= 11 is 3.70. The summed E-state index contributed by atoms with van der Waals surface area (Å²) in [5, 5.41) is 8.17. The van der Waals surface area contributed by atoms with Gasteiger partial charge in [-0.1, -0.05) is 12.1 Å². The van der Waals surface area contributed by atoms with Crippen molar-refractivity contribution >= 4 is 23.5 Å². The first-order chi connectivity index (χ1) is 6.29. The van der Waals surface area contributed by atoms with Crippen molar-refractivity contribution in [1.29, 1.82) is 0 Å². The molecule has 0 aliphatic carbocycles. The molecular weight excluding hydrogens is 202 g/mol. The summed E-state index contributed by atoms with van der Waals surface area (Å²) < 4.78 is 1.88. The van der Waals surface area contributed by atoms with Crippen molar-refractivity contribution in [3.05, 3.63) is 11.4 Å². The third-order valence-corrected chi connectivity index (χ3v) is 3.20. The van der Waals surface area contributed by atoms with E-state index in [1.165, 1.54) is 5.69 Å². The second-order valence-electron chi connectivity index (χ2n) is 2.68. The molecule has 3 nitrogen and oxygen atoms in total. The molecule has 74 valence electrons. The minimum atomic E-state index is 0.966. The molecule has 0 radical (unpaired) electrons. The first kappa shape index (κ1) is 10.9. The van der Waals surface area contributed by atoms with Crippen molar-refractivity contribution in [3.63, 3.8) is 0 Å². The van der Waals surface area contributed by atoms with Gasteiger partial charge in [0.1, 0.15) is 0 Å². The Balaban J connectivity index is 2.69. The van der Waals surface area contributed by atoms with E-state index in [-0.39, 0.29) is 0 Å². The van der Waals surface area contributed by atoms with Crippen LogP contribution in [0.3, 0.4) is 0 Å². The van der Waals surface area contributed by atoms with Crippen LogP contribution in [0.2, 0.25) is 0 Å². The van der Waals surface area contributed by atoms with Crippen LogP contribution in [0.1, 0.15) is 18.3 Å². The molecule has 1 aromatic rings. The molecule has 0 amide bonds. The van der Waals surface area contributed by atoms with Gasteiger partial charge in [-0.25, -0.2) is 0 Å². The van der Waals surface area contributed by atoms with Gasteiger partial charge in [-0.05, 0) is 12.0 Å². The lowest BCUT2D eigenvalue weighted by atomic mass is 10.4. The maximum Gasteiger partial charge on any atom is 0.0966 e. The molecule has 0 bridgehead atoms. The fourth-order valence-corrected chi connectivity index (χ4v) is 2.29. The second kappa shape index (κ2) is 5.54. The lowest BCUT2D eigenvalue weighted by molar-refractivity contribution is 0.693. The van der Waals surface area contributed by atoms with Crippen molar-refractivity contribution in [3.8, 4) is 0 Å². The fourth-order valence-electron chi connectivity index (χ4n) is 1.04. The first-order valence-electron chi connectivity index (χ1n) is 4.23. The number of hydrogen-bond donors (Lipinski definition) is 0. The van der Waals surface area contributed by atoms with Crippen LogP contribution in [0.25, 0.3) is 0 Å². The zero-order valence-electron chi connectivity index (χ0n) is 8.28. The normalized spacial score (nSPS) is 10.7. The molecule has 0 spiro atoms. The lowest BCUT2D eigenvalue weighted by Gasteiger charge is -2.01. The van der Waals surface area contributed by atoms with E-state index in [4.69, 9.17) is 0 Å². The summed E-state index contributed by atoms with van der Waals surface area (Å²) in [5.74, 6) is 3.13. The SMILES string of the molecule is CCSCc1c(CSC)nnn1C. The van der Waals surface area contributed by atoms with E-state index in [0.717, 1.165) is 23.0 Å². The van der Waals surface area contributed by atoms with Crippen molar-refractivity contribution in [2.45, 2.75) is 18.4 Å². The summed E-state index contributed by atoms with van der Waals surface area (Å²) in [6.45, 7) is 2.17. The Kier molecular flexibility index (Phi) is 4.66. The number of aromatic nitrogens is 3. The highest BCUT2D eigenvalue weighted by Crippen LogP contribution is 2.17. The van der Waals surface area contributed by atoms with Gasteiger partial charge in [-0.2, -0.15) is 23.5 Å². The quantitative estimate of drug-likeness (QED) is 0.754. The molecule has 0 fully saturated rings. The summed E-state index contributed by atoms with van der Waals surface area (Å²) in [4.78, 5) is 0. The monoisotopic (exact) mass is 217 g/mol. The van der Waals surface area contributed by atoms with E-state index in [1.807, 2.05) is 23.5 Å². The minimum absolute atomic E-state index is 0.966. The zero-order chi connectivity index (χ0) is 9.68.